The lowest BCUT2D eigenvalue weighted by atomic mass is 9.95. The van der Waals surface area contributed by atoms with Crippen molar-refractivity contribution in [3.63, 3.8) is 0 Å². The van der Waals surface area contributed by atoms with Gasteiger partial charge in [-0.25, -0.2) is 9.59 Å². The molecule has 262 valence electrons. The molecule has 12 nitrogen and oxygen atoms in total. The fourth-order valence-corrected chi connectivity index (χ4v) is 6.15. The van der Waals surface area contributed by atoms with Gasteiger partial charge in [0.05, 0.1) is 41.7 Å². The number of aliphatic hydroxyl groups is 1. The molecule has 2 amide bonds. The third-order valence-corrected chi connectivity index (χ3v) is 8.44. The van der Waals surface area contributed by atoms with E-state index in [1.807, 2.05) is 38.1 Å². The SMILES string of the molecule is CCOc1cc([C@H]2NC(=O)NC(C)=C2C(=O)OC)ccc1OC[C@H](O)N/N=C\c1cc(I)c(OCc2ccc3ccccc3c2)c(OCC)c1. The number of halogens is 1. The predicted molar refractivity (Wildman–Crippen MR) is 198 cm³/mol. The number of esters is 1. The number of ether oxygens (including phenoxy) is 5. The maximum Gasteiger partial charge on any atom is 0.337 e. The van der Waals surface area contributed by atoms with Crippen LogP contribution in [0.4, 0.5) is 4.79 Å². The van der Waals surface area contributed by atoms with Gasteiger partial charge in [-0.15, -0.1) is 0 Å². The molecular weight excluding hydrogens is 755 g/mol. The van der Waals surface area contributed by atoms with E-state index in [4.69, 9.17) is 23.7 Å². The molecule has 1 heterocycles. The topological polar surface area (TPSA) is 149 Å². The number of urea groups is 1. The van der Waals surface area contributed by atoms with Crippen molar-refractivity contribution >= 4 is 51.6 Å². The molecule has 0 fully saturated rings. The van der Waals surface area contributed by atoms with E-state index in [2.05, 4.69) is 74.1 Å². The first-order valence-electron chi connectivity index (χ1n) is 16.0. The second-order valence-electron chi connectivity index (χ2n) is 11.1. The summed E-state index contributed by atoms with van der Waals surface area (Å²) < 4.78 is 29.5. The van der Waals surface area contributed by atoms with Crippen molar-refractivity contribution < 1.29 is 38.4 Å². The number of nitrogens with zero attached hydrogens (tertiary/aromatic N) is 1. The number of fused-ring (bicyclic) bond motifs is 1. The van der Waals surface area contributed by atoms with Crippen LogP contribution in [0, 0.1) is 3.57 Å². The first kappa shape index (κ1) is 36.3. The number of allylic oxidation sites excluding steroid dienone is 1. The molecule has 2 atom stereocenters. The first-order valence-corrected chi connectivity index (χ1v) is 17.1. The monoisotopic (exact) mass is 794 g/mol. The molecule has 0 unspecified atom stereocenters. The molecule has 0 aliphatic carbocycles. The van der Waals surface area contributed by atoms with E-state index in [-0.39, 0.29) is 12.2 Å². The Morgan fingerprint density at radius 2 is 1.72 bits per heavy atom. The highest BCUT2D eigenvalue weighted by atomic mass is 127. The second-order valence-corrected chi connectivity index (χ2v) is 12.3. The number of rotatable bonds is 15. The van der Waals surface area contributed by atoms with Gasteiger partial charge >= 0.3 is 12.0 Å². The van der Waals surface area contributed by atoms with Crippen LogP contribution >= 0.6 is 22.6 Å². The van der Waals surface area contributed by atoms with Gasteiger partial charge in [-0.1, -0.05) is 42.5 Å². The normalized spacial score (nSPS) is 14.9. The van der Waals surface area contributed by atoms with Crippen molar-refractivity contribution in [3.8, 4) is 23.0 Å². The Labute approximate surface area is 303 Å². The molecule has 0 spiro atoms. The average Bonchev–Trinajstić information content (AvgIpc) is 3.10. The molecule has 0 aromatic heterocycles. The number of hydrogen-bond donors (Lipinski definition) is 4. The van der Waals surface area contributed by atoms with Gasteiger partial charge < -0.3 is 39.4 Å². The molecule has 13 heteroatoms. The Morgan fingerprint density at radius 3 is 2.48 bits per heavy atom. The summed E-state index contributed by atoms with van der Waals surface area (Å²) in [6.45, 7) is 6.37. The number of aliphatic hydroxyl groups excluding tert-OH is 1. The summed E-state index contributed by atoms with van der Waals surface area (Å²) in [5, 5.41) is 22.5. The van der Waals surface area contributed by atoms with Crippen LogP contribution in [0.15, 0.2) is 89.2 Å². The minimum atomic E-state index is -1.16. The fraction of sp³-hybridized carbons (Fsp3) is 0.270. The summed E-state index contributed by atoms with van der Waals surface area (Å²) in [5.41, 5.74) is 5.71. The van der Waals surface area contributed by atoms with E-state index in [1.54, 1.807) is 31.3 Å². The first-order chi connectivity index (χ1) is 24.2. The smallest absolute Gasteiger partial charge is 0.337 e. The van der Waals surface area contributed by atoms with Crippen molar-refractivity contribution in [2.45, 2.75) is 39.6 Å². The molecule has 5 rings (SSSR count). The Hall–Kier alpha value is -5.02. The van der Waals surface area contributed by atoms with Gasteiger partial charge in [0.25, 0.3) is 0 Å². The molecule has 0 bridgehead atoms. The number of nitrogens with one attached hydrogen (secondary N) is 3. The average molecular weight is 795 g/mol. The van der Waals surface area contributed by atoms with E-state index in [0.29, 0.717) is 54.1 Å². The zero-order chi connectivity index (χ0) is 35.6. The van der Waals surface area contributed by atoms with Gasteiger partial charge in [0.2, 0.25) is 0 Å². The Bertz CT molecular complexity index is 1910. The van der Waals surface area contributed by atoms with E-state index in [9.17, 15) is 14.7 Å². The highest BCUT2D eigenvalue weighted by Crippen LogP contribution is 2.36. The highest BCUT2D eigenvalue weighted by Gasteiger charge is 2.32. The zero-order valence-electron chi connectivity index (χ0n) is 28.1. The van der Waals surface area contributed by atoms with Crippen LogP contribution in [-0.4, -0.2) is 56.5 Å². The summed E-state index contributed by atoms with van der Waals surface area (Å²) in [6, 6.07) is 22.0. The molecule has 1 aliphatic rings. The largest absolute Gasteiger partial charge is 0.490 e. The standard InChI is InChI=1S/C37H39IN4O8/c1-5-47-30-18-27(34-33(36(44)46-4)22(3)40-37(45)41-34)13-14-29(30)49-21-32(43)42-39-19-24-16-28(38)35(31(17-24)48-6-2)50-20-23-11-12-25-9-7-8-10-26(25)15-23/h7-19,32,34,42-43H,5-6,20-21H2,1-4H3,(H2,40,41,45)/b39-19-/t32-,34+/m0/s1. The van der Waals surface area contributed by atoms with Crippen molar-refractivity contribution in [3.05, 3.63) is 104 Å². The van der Waals surface area contributed by atoms with Gasteiger partial charge in [0.1, 0.15) is 13.2 Å². The number of methoxy groups -OCH3 is 1. The van der Waals surface area contributed by atoms with Crippen LogP contribution in [0.2, 0.25) is 0 Å². The van der Waals surface area contributed by atoms with Gasteiger partial charge in [-0.05, 0) is 101 Å². The summed E-state index contributed by atoms with van der Waals surface area (Å²) in [7, 11) is 1.28. The molecule has 4 aromatic carbocycles. The van der Waals surface area contributed by atoms with Gasteiger partial charge in [-0.2, -0.15) is 5.10 Å². The summed E-state index contributed by atoms with van der Waals surface area (Å²) >= 11 is 2.21. The Balaban J connectivity index is 1.21. The number of carbonyl (C=O) groups is 2. The molecule has 4 aromatic rings. The number of amides is 2. The third-order valence-electron chi connectivity index (χ3n) is 7.64. The van der Waals surface area contributed by atoms with E-state index >= 15 is 0 Å². The predicted octanol–water partition coefficient (Wildman–Crippen LogP) is 5.94. The highest BCUT2D eigenvalue weighted by molar-refractivity contribution is 14.1. The second kappa shape index (κ2) is 17.1. The number of benzene rings is 4. The van der Waals surface area contributed by atoms with Crippen molar-refractivity contribution in [1.82, 2.24) is 16.1 Å². The van der Waals surface area contributed by atoms with Crippen LogP contribution in [0.1, 0.15) is 43.5 Å². The molecule has 0 saturated heterocycles. The van der Waals surface area contributed by atoms with E-state index in [0.717, 1.165) is 20.1 Å². The molecule has 4 N–H and O–H groups in total. The summed E-state index contributed by atoms with van der Waals surface area (Å²) in [6.07, 6.45) is 0.416. The van der Waals surface area contributed by atoms with Crippen molar-refractivity contribution in [2.24, 2.45) is 5.10 Å². The fourth-order valence-electron chi connectivity index (χ4n) is 5.37. The zero-order valence-corrected chi connectivity index (χ0v) is 30.3. The summed E-state index contributed by atoms with van der Waals surface area (Å²) in [5.74, 6) is 1.39. The van der Waals surface area contributed by atoms with Crippen LogP contribution in [0.3, 0.4) is 0 Å². The number of hydrogen-bond acceptors (Lipinski definition) is 10. The van der Waals surface area contributed by atoms with Gasteiger partial charge in [0, 0.05) is 5.70 Å². The molecular formula is C37H39IN4O8. The minimum absolute atomic E-state index is 0.156. The van der Waals surface area contributed by atoms with E-state index < -0.39 is 24.3 Å². The van der Waals surface area contributed by atoms with Crippen LogP contribution in [0.25, 0.3) is 10.8 Å². The van der Waals surface area contributed by atoms with Gasteiger partial charge in [-0.3, -0.25) is 5.43 Å². The number of hydrazone groups is 1. The van der Waals surface area contributed by atoms with Gasteiger partial charge in [0.15, 0.2) is 29.2 Å². The quantitative estimate of drug-likeness (QED) is 0.0377. The lowest BCUT2D eigenvalue weighted by molar-refractivity contribution is -0.136. The van der Waals surface area contributed by atoms with Crippen LogP contribution in [0.5, 0.6) is 23.0 Å². The van der Waals surface area contributed by atoms with Crippen LogP contribution in [-0.2, 0) is 16.1 Å². The minimum Gasteiger partial charge on any atom is -0.490 e. The molecule has 50 heavy (non-hydrogen) atoms. The lowest BCUT2D eigenvalue weighted by Gasteiger charge is -2.28. The Morgan fingerprint density at radius 1 is 0.960 bits per heavy atom. The summed E-state index contributed by atoms with van der Waals surface area (Å²) in [4.78, 5) is 24.7. The molecule has 1 aliphatic heterocycles. The molecule has 0 radical (unpaired) electrons. The Kier molecular flexibility index (Phi) is 12.4. The maximum absolute atomic E-state index is 12.5. The van der Waals surface area contributed by atoms with E-state index in [1.165, 1.54) is 12.5 Å². The number of carbonyl (C=O) groups excluding carboxylic acids is 2. The molecule has 0 saturated carbocycles. The third kappa shape index (κ3) is 8.95. The van der Waals surface area contributed by atoms with Crippen LogP contribution < -0.4 is 35.0 Å². The lowest BCUT2D eigenvalue weighted by Crippen LogP contribution is -2.45. The maximum atomic E-state index is 12.5. The van der Waals surface area contributed by atoms with Crippen molar-refractivity contribution in [1.29, 1.82) is 0 Å². The van der Waals surface area contributed by atoms with Crippen molar-refractivity contribution in [2.75, 3.05) is 26.9 Å².